The van der Waals surface area contributed by atoms with Crippen LogP contribution < -0.4 is 16.0 Å². The van der Waals surface area contributed by atoms with E-state index in [9.17, 15) is 9.59 Å². The van der Waals surface area contributed by atoms with E-state index >= 15 is 0 Å². The third kappa shape index (κ3) is 9.42. The van der Waals surface area contributed by atoms with Crippen LogP contribution in [0, 0.1) is 5.92 Å². The van der Waals surface area contributed by atoms with Gasteiger partial charge in [0.25, 0.3) is 0 Å². The van der Waals surface area contributed by atoms with Crippen LogP contribution in [0.25, 0.3) is 0 Å². The van der Waals surface area contributed by atoms with Crippen molar-refractivity contribution in [3.05, 3.63) is 24.3 Å². The van der Waals surface area contributed by atoms with Gasteiger partial charge in [-0.05, 0) is 57.2 Å². The Labute approximate surface area is 174 Å². The Kier molecular flexibility index (Phi) is 13.1. The lowest BCUT2D eigenvalue weighted by molar-refractivity contribution is -0.119. The van der Waals surface area contributed by atoms with Gasteiger partial charge >= 0.3 is 0 Å². The first-order chi connectivity index (χ1) is 12.1. The van der Waals surface area contributed by atoms with E-state index in [1.54, 1.807) is 0 Å². The number of amides is 2. The number of carbonyl (C=O) groups is 2. The summed E-state index contributed by atoms with van der Waals surface area (Å²) in [5, 5.41) is 8.80. The first-order valence-electron chi connectivity index (χ1n) is 9.16. The summed E-state index contributed by atoms with van der Waals surface area (Å²) in [5.41, 5.74) is 1.49. The summed E-state index contributed by atoms with van der Waals surface area (Å²) in [6, 6.07) is 7.26. The van der Waals surface area contributed by atoms with Crippen molar-refractivity contribution in [2.24, 2.45) is 5.92 Å². The van der Waals surface area contributed by atoms with Gasteiger partial charge in [-0.3, -0.25) is 14.5 Å². The SMILES string of the molecule is CNCC(C)C(=O)Nc1ccc(NC(=O)CN2CCCCCC2)cc1.Cl.Cl. The quantitative estimate of drug-likeness (QED) is 0.635. The molecule has 0 spiro atoms. The van der Waals surface area contributed by atoms with Crippen molar-refractivity contribution in [3.63, 3.8) is 0 Å². The molecule has 1 aliphatic heterocycles. The predicted octanol–water partition coefficient (Wildman–Crippen LogP) is 3.14. The number of nitrogens with zero attached hydrogens (tertiary/aromatic N) is 1. The second-order valence-corrected chi connectivity index (χ2v) is 6.76. The Hall–Kier alpha value is -1.34. The van der Waals surface area contributed by atoms with Crippen LogP contribution in [0.4, 0.5) is 11.4 Å². The molecule has 0 bridgehead atoms. The minimum Gasteiger partial charge on any atom is -0.326 e. The molecule has 3 N–H and O–H groups in total. The number of rotatable bonds is 7. The highest BCUT2D eigenvalue weighted by Gasteiger charge is 2.14. The zero-order chi connectivity index (χ0) is 18.1. The smallest absolute Gasteiger partial charge is 0.238 e. The van der Waals surface area contributed by atoms with Crippen molar-refractivity contribution in [1.82, 2.24) is 10.2 Å². The summed E-state index contributed by atoms with van der Waals surface area (Å²) in [6.45, 7) is 4.96. The lowest BCUT2D eigenvalue weighted by Gasteiger charge is -2.19. The molecule has 0 radical (unpaired) electrons. The van der Waals surface area contributed by atoms with Gasteiger partial charge in [0.05, 0.1) is 6.54 Å². The van der Waals surface area contributed by atoms with Crippen LogP contribution in [0.15, 0.2) is 24.3 Å². The highest BCUT2D eigenvalue weighted by molar-refractivity contribution is 5.94. The molecule has 6 nitrogen and oxygen atoms in total. The van der Waals surface area contributed by atoms with Gasteiger partial charge in [-0.2, -0.15) is 0 Å². The van der Waals surface area contributed by atoms with E-state index in [1.165, 1.54) is 25.7 Å². The maximum absolute atomic E-state index is 12.2. The van der Waals surface area contributed by atoms with E-state index in [2.05, 4.69) is 20.9 Å². The van der Waals surface area contributed by atoms with Crippen LogP contribution in [0.5, 0.6) is 0 Å². The van der Waals surface area contributed by atoms with Crippen molar-refractivity contribution in [2.75, 3.05) is 43.9 Å². The highest BCUT2D eigenvalue weighted by atomic mass is 35.5. The number of likely N-dealkylation sites (tertiary alicyclic amines) is 1. The Morgan fingerprint density at radius 2 is 1.48 bits per heavy atom. The van der Waals surface area contributed by atoms with Crippen LogP contribution in [-0.4, -0.2) is 49.9 Å². The number of hydrogen-bond donors (Lipinski definition) is 3. The van der Waals surface area contributed by atoms with Gasteiger partial charge in [0.2, 0.25) is 11.8 Å². The summed E-state index contributed by atoms with van der Waals surface area (Å²) in [4.78, 5) is 26.4. The number of hydrogen-bond acceptors (Lipinski definition) is 4. The molecule has 0 aliphatic carbocycles. The molecule has 27 heavy (non-hydrogen) atoms. The van der Waals surface area contributed by atoms with Gasteiger partial charge in [-0.1, -0.05) is 19.8 Å². The van der Waals surface area contributed by atoms with Crippen LogP contribution in [0.1, 0.15) is 32.6 Å². The molecule has 154 valence electrons. The predicted molar refractivity (Wildman–Crippen MR) is 116 cm³/mol. The molecule has 1 heterocycles. The zero-order valence-corrected chi connectivity index (χ0v) is 17.8. The van der Waals surface area contributed by atoms with Gasteiger partial charge in [0.1, 0.15) is 0 Å². The Bertz CT molecular complexity index is 561. The topological polar surface area (TPSA) is 73.5 Å². The van der Waals surface area contributed by atoms with E-state index < -0.39 is 0 Å². The second kappa shape index (κ2) is 13.8. The van der Waals surface area contributed by atoms with Crippen LogP contribution in [0.3, 0.4) is 0 Å². The number of anilines is 2. The normalized spacial score (nSPS) is 15.5. The fraction of sp³-hybridized carbons (Fsp3) is 0.579. The first kappa shape index (κ1) is 25.7. The molecule has 8 heteroatoms. The molecule has 1 unspecified atom stereocenters. The first-order valence-corrected chi connectivity index (χ1v) is 9.16. The van der Waals surface area contributed by atoms with E-state index in [0.717, 1.165) is 24.5 Å². The molecular formula is C19H32Cl2N4O2. The van der Waals surface area contributed by atoms with Gasteiger partial charge < -0.3 is 16.0 Å². The minimum absolute atomic E-state index is 0. The molecule has 0 saturated carbocycles. The molecule has 2 amide bonds. The summed E-state index contributed by atoms with van der Waals surface area (Å²) in [6.07, 6.45) is 4.87. The van der Waals surface area contributed by atoms with E-state index in [-0.39, 0.29) is 42.5 Å². The number of carbonyl (C=O) groups excluding carboxylic acids is 2. The third-order valence-electron chi connectivity index (χ3n) is 4.46. The second-order valence-electron chi connectivity index (χ2n) is 6.76. The Balaban J connectivity index is 0.00000338. The monoisotopic (exact) mass is 418 g/mol. The molecule has 1 saturated heterocycles. The van der Waals surface area contributed by atoms with Crippen LogP contribution in [-0.2, 0) is 9.59 Å². The number of nitrogens with one attached hydrogen (secondary N) is 3. The summed E-state index contributed by atoms with van der Waals surface area (Å²) >= 11 is 0. The van der Waals surface area contributed by atoms with Gasteiger partial charge in [0, 0.05) is 23.8 Å². The molecule has 1 aromatic rings. The van der Waals surface area contributed by atoms with Crippen LogP contribution in [0.2, 0.25) is 0 Å². The standard InChI is InChI=1S/C19H30N4O2.2ClH/c1-15(13-20-2)19(25)22-17-9-7-16(8-10-17)21-18(24)14-23-11-5-3-4-6-12-23;;/h7-10,15,20H,3-6,11-14H2,1-2H3,(H,21,24)(H,22,25);2*1H. The van der Waals surface area contributed by atoms with Crippen LogP contribution >= 0.6 is 24.8 Å². The third-order valence-corrected chi connectivity index (χ3v) is 4.46. The molecule has 0 aromatic heterocycles. The number of halogens is 2. The molecule has 1 aliphatic rings. The Morgan fingerprint density at radius 1 is 0.963 bits per heavy atom. The molecule has 1 atom stereocenters. The maximum Gasteiger partial charge on any atom is 0.238 e. The van der Waals surface area contributed by atoms with Crippen molar-refractivity contribution < 1.29 is 9.59 Å². The Morgan fingerprint density at radius 3 is 2.00 bits per heavy atom. The average Bonchev–Trinajstić information content (AvgIpc) is 2.85. The minimum atomic E-state index is -0.0991. The summed E-state index contributed by atoms with van der Waals surface area (Å²) in [5.74, 6) is -0.105. The van der Waals surface area contributed by atoms with Crippen molar-refractivity contribution in [3.8, 4) is 0 Å². The van der Waals surface area contributed by atoms with E-state index in [4.69, 9.17) is 0 Å². The highest BCUT2D eigenvalue weighted by Crippen LogP contribution is 2.15. The number of benzene rings is 1. The van der Waals surface area contributed by atoms with Gasteiger partial charge in [-0.15, -0.1) is 24.8 Å². The van der Waals surface area contributed by atoms with E-state index in [1.807, 2.05) is 38.2 Å². The molecule has 1 aromatic carbocycles. The summed E-state index contributed by atoms with van der Waals surface area (Å²) in [7, 11) is 1.83. The van der Waals surface area contributed by atoms with Gasteiger partial charge in [0.15, 0.2) is 0 Å². The lowest BCUT2D eigenvalue weighted by atomic mass is 10.1. The fourth-order valence-corrected chi connectivity index (χ4v) is 3.00. The van der Waals surface area contributed by atoms with E-state index in [0.29, 0.717) is 13.1 Å². The van der Waals surface area contributed by atoms with Crippen molar-refractivity contribution in [2.45, 2.75) is 32.6 Å². The largest absolute Gasteiger partial charge is 0.326 e. The molecule has 1 fully saturated rings. The fourth-order valence-electron chi connectivity index (χ4n) is 3.00. The lowest BCUT2D eigenvalue weighted by Crippen LogP contribution is -2.33. The maximum atomic E-state index is 12.2. The van der Waals surface area contributed by atoms with Crippen molar-refractivity contribution in [1.29, 1.82) is 0 Å². The molecule has 2 rings (SSSR count). The average molecular weight is 419 g/mol. The van der Waals surface area contributed by atoms with Crippen molar-refractivity contribution >= 4 is 48.0 Å². The molecular weight excluding hydrogens is 387 g/mol. The van der Waals surface area contributed by atoms with Gasteiger partial charge in [-0.25, -0.2) is 0 Å². The zero-order valence-electron chi connectivity index (χ0n) is 16.1. The summed E-state index contributed by atoms with van der Waals surface area (Å²) < 4.78 is 0.